The summed E-state index contributed by atoms with van der Waals surface area (Å²) >= 11 is 5.59. The van der Waals surface area contributed by atoms with Gasteiger partial charge in [-0.05, 0) is 31.0 Å². The lowest BCUT2D eigenvalue weighted by Gasteiger charge is -2.15. The summed E-state index contributed by atoms with van der Waals surface area (Å²) in [7, 11) is 0. The maximum Gasteiger partial charge on any atom is 0.417 e. The molecule has 0 radical (unpaired) electrons. The van der Waals surface area contributed by atoms with Crippen molar-refractivity contribution >= 4 is 23.4 Å². The highest BCUT2D eigenvalue weighted by molar-refractivity contribution is 6.31. The highest BCUT2D eigenvalue weighted by atomic mass is 35.5. The third-order valence-electron chi connectivity index (χ3n) is 3.78. The Bertz CT molecular complexity index is 858. The molecule has 0 saturated heterocycles. The number of aromatic nitrogens is 2. The monoisotopic (exact) mass is 358 g/mol. The Hall–Kier alpha value is -2.35. The minimum absolute atomic E-state index is 0.00479. The lowest BCUT2D eigenvalue weighted by molar-refractivity contribution is -0.137. The van der Waals surface area contributed by atoms with Crippen LogP contribution in [0.25, 0.3) is 5.69 Å². The molecule has 0 spiro atoms. The van der Waals surface area contributed by atoms with E-state index in [9.17, 15) is 27.9 Å². The van der Waals surface area contributed by atoms with Gasteiger partial charge in [-0.3, -0.25) is 4.79 Å². The van der Waals surface area contributed by atoms with E-state index in [4.69, 9.17) is 11.6 Å². The number of carbonyl (C=O) groups excluding carboxylic acids is 1. The standard InChI is InChI=1S/C15H10ClF3N2O3/c16-9-5-4-7(6-8(9)15(17,18)19)21-10-2-1-3-11(22)12(10)13(20-21)14(23)24/h4-6H,1-3H2,(H,23,24). The predicted octanol–water partition coefficient (Wildman–Crippen LogP) is 3.76. The summed E-state index contributed by atoms with van der Waals surface area (Å²) in [4.78, 5) is 23.3. The van der Waals surface area contributed by atoms with Crippen LogP contribution in [0.3, 0.4) is 0 Å². The maximum absolute atomic E-state index is 13.0. The molecule has 0 bridgehead atoms. The van der Waals surface area contributed by atoms with Crippen LogP contribution in [0.2, 0.25) is 5.02 Å². The Morgan fingerprint density at radius 2 is 2.00 bits per heavy atom. The second-order valence-electron chi connectivity index (χ2n) is 5.33. The summed E-state index contributed by atoms with van der Waals surface area (Å²) in [6.45, 7) is 0. The van der Waals surface area contributed by atoms with E-state index in [2.05, 4.69) is 5.10 Å². The van der Waals surface area contributed by atoms with Gasteiger partial charge in [-0.25, -0.2) is 9.48 Å². The average Bonchev–Trinajstić information content (AvgIpc) is 2.88. The van der Waals surface area contributed by atoms with Crippen molar-refractivity contribution < 1.29 is 27.9 Å². The second-order valence-corrected chi connectivity index (χ2v) is 5.73. The number of nitrogens with zero attached hydrogens (tertiary/aromatic N) is 2. The van der Waals surface area contributed by atoms with Crippen molar-refractivity contribution in [3.8, 4) is 5.69 Å². The summed E-state index contributed by atoms with van der Waals surface area (Å²) in [5, 5.41) is 12.6. The van der Waals surface area contributed by atoms with E-state index in [1.807, 2.05) is 0 Å². The number of benzene rings is 1. The SMILES string of the molecule is O=C(O)c1nn(-c2ccc(Cl)c(C(F)(F)F)c2)c2c1C(=O)CCC2. The lowest BCUT2D eigenvalue weighted by Crippen LogP contribution is -2.15. The molecule has 0 saturated carbocycles. The molecular formula is C15H10ClF3N2O3. The first kappa shape index (κ1) is 16.5. The third-order valence-corrected chi connectivity index (χ3v) is 4.11. The first-order chi connectivity index (χ1) is 11.2. The Kier molecular flexibility index (Phi) is 3.87. The molecule has 1 heterocycles. The fourth-order valence-electron chi connectivity index (χ4n) is 2.74. The van der Waals surface area contributed by atoms with Crippen molar-refractivity contribution in [3.63, 3.8) is 0 Å². The van der Waals surface area contributed by atoms with Crippen LogP contribution in [-0.4, -0.2) is 26.6 Å². The number of alkyl halides is 3. The van der Waals surface area contributed by atoms with Crippen molar-refractivity contribution in [1.29, 1.82) is 0 Å². The summed E-state index contributed by atoms with van der Waals surface area (Å²) in [5.41, 5.74) is -1.22. The van der Waals surface area contributed by atoms with Crippen LogP contribution in [0, 0.1) is 0 Å². The number of ketones is 1. The van der Waals surface area contributed by atoms with Gasteiger partial charge in [0.15, 0.2) is 11.5 Å². The molecule has 0 amide bonds. The van der Waals surface area contributed by atoms with E-state index >= 15 is 0 Å². The van der Waals surface area contributed by atoms with Crippen LogP contribution < -0.4 is 0 Å². The van der Waals surface area contributed by atoms with Gasteiger partial charge in [0.25, 0.3) is 0 Å². The number of rotatable bonds is 2. The Labute approximate surface area is 138 Å². The maximum atomic E-state index is 13.0. The predicted molar refractivity (Wildman–Crippen MR) is 77.8 cm³/mol. The molecule has 126 valence electrons. The molecule has 9 heteroatoms. The number of carboxylic acid groups (broad SMARTS) is 1. The third kappa shape index (κ3) is 2.66. The van der Waals surface area contributed by atoms with E-state index in [0.717, 1.165) is 16.8 Å². The van der Waals surface area contributed by atoms with Crippen LogP contribution >= 0.6 is 11.6 Å². The molecule has 3 rings (SSSR count). The van der Waals surface area contributed by atoms with Crippen LogP contribution in [0.1, 0.15) is 44.9 Å². The highest BCUT2D eigenvalue weighted by Gasteiger charge is 2.35. The quantitative estimate of drug-likeness (QED) is 0.887. The van der Waals surface area contributed by atoms with Gasteiger partial charge in [0, 0.05) is 6.42 Å². The number of hydrogen-bond acceptors (Lipinski definition) is 3. The molecule has 0 aliphatic heterocycles. The van der Waals surface area contributed by atoms with Gasteiger partial charge in [-0.15, -0.1) is 0 Å². The van der Waals surface area contributed by atoms with Gasteiger partial charge >= 0.3 is 12.1 Å². The molecule has 1 N–H and O–H groups in total. The zero-order chi connectivity index (χ0) is 17.6. The van der Waals surface area contributed by atoms with Gasteiger partial charge in [0.1, 0.15) is 0 Å². The normalized spacial score (nSPS) is 14.6. The number of halogens is 4. The van der Waals surface area contributed by atoms with Gasteiger partial charge in [-0.2, -0.15) is 18.3 Å². The Morgan fingerprint density at radius 3 is 2.62 bits per heavy atom. The highest BCUT2D eigenvalue weighted by Crippen LogP contribution is 2.36. The molecule has 0 fully saturated rings. The van der Waals surface area contributed by atoms with Crippen molar-refractivity contribution in [1.82, 2.24) is 9.78 Å². The molecule has 1 aliphatic carbocycles. The van der Waals surface area contributed by atoms with E-state index in [-0.39, 0.29) is 23.5 Å². The number of hydrogen-bond donors (Lipinski definition) is 1. The van der Waals surface area contributed by atoms with Gasteiger partial charge in [0.2, 0.25) is 0 Å². The first-order valence-electron chi connectivity index (χ1n) is 6.95. The van der Waals surface area contributed by atoms with Crippen molar-refractivity contribution in [2.45, 2.75) is 25.4 Å². The van der Waals surface area contributed by atoms with Crippen molar-refractivity contribution in [3.05, 3.63) is 45.7 Å². The van der Waals surface area contributed by atoms with E-state index in [0.29, 0.717) is 18.5 Å². The Morgan fingerprint density at radius 1 is 1.29 bits per heavy atom. The number of fused-ring (bicyclic) bond motifs is 1. The molecule has 2 aromatic rings. The summed E-state index contributed by atoms with van der Waals surface area (Å²) < 4.78 is 40.1. The molecule has 1 aromatic heterocycles. The minimum Gasteiger partial charge on any atom is -0.476 e. The fraction of sp³-hybridized carbons (Fsp3) is 0.267. The van der Waals surface area contributed by atoms with E-state index in [1.54, 1.807) is 0 Å². The molecule has 0 unspecified atom stereocenters. The van der Waals surface area contributed by atoms with Crippen molar-refractivity contribution in [2.24, 2.45) is 0 Å². The lowest BCUT2D eigenvalue weighted by atomic mass is 9.94. The summed E-state index contributed by atoms with van der Waals surface area (Å²) in [5.74, 6) is -1.77. The van der Waals surface area contributed by atoms with E-state index < -0.39 is 28.4 Å². The van der Waals surface area contributed by atoms with Gasteiger partial charge < -0.3 is 5.11 Å². The molecule has 1 aliphatic rings. The summed E-state index contributed by atoms with van der Waals surface area (Å²) in [6, 6.07) is 3.16. The van der Waals surface area contributed by atoms with Crippen LogP contribution in [0.4, 0.5) is 13.2 Å². The largest absolute Gasteiger partial charge is 0.476 e. The topological polar surface area (TPSA) is 72.2 Å². The molecule has 5 nitrogen and oxygen atoms in total. The first-order valence-corrected chi connectivity index (χ1v) is 7.33. The van der Waals surface area contributed by atoms with Crippen molar-refractivity contribution in [2.75, 3.05) is 0 Å². The second kappa shape index (κ2) is 5.62. The number of Topliss-reactive ketones (excluding diaryl/α,β-unsaturated/α-hetero) is 1. The zero-order valence-corrected chi connectivity index (χ0v) is 12.8. The number of aromatic carboxylic acids is 1. The number of carboxylic acids is 1. The zero-order valence-electron chi connectivity index (χ0n) is 12.0. The summed E-state index contributed by atoms with van der Waals surface area (Å²) in [6.07, 6.45) is -3.64. The van der Waals surface area contributed by atoms with Crippen LogP contribution in [0.5, 0.6) is 0 Å². The number of carbonyl (C=O) groups is 2. The molecule has 1 aromatic carbocycles. The smallest absolute Gasteiger partial charge is 0.417 e. The fourth-order valence-corrected chi connectivity index (χ4v) is 2.97. The van der Waals surface area contributed by atoms with Crippen LogP contribution in [-0.2, 0) is 12.6 Å². The van der Waals surface area contributed by atoms with Gasteiger partial charge in [-0.1, -0.05) is 11.6 Å². The Balaban J connectivity index is 2.23. The van der Waals surface area contributed by atoms with Crippen LogP contribution in [0.15, 0.2) is 18.2 Å². The van der Waals surface area contributed by atoms with E-state index in [1.165, 1.54) is 6.07 Å². The molecule has 24 heavy (non-hydrogen) atoms. The minimum atomic E-state index is -4.66. The van der Waals surface area contributed by atoms with Gasteiger partial charge in [0.05, 0.1) is 27.5 Å². The average molecular weight is 359 g/mol. The molecular weight excluding hydrogens is 349 g/mol. The molecule has 0 atom stereocenters.